The molecule has 0 bridgehead atoms. The maximum Gasteiger partial charge on any atom is 0.251 e. The van der Waals surface area contributed by atoms with Gasteiger partial charge in [-0.3, -0.25) is 4.79 Å². The highest BCUT2D eigenvalue weighted by molar-refractivity contribution is 5.96. The van der Waals surface area contributed by atoms with Crippen molar-refractivity contribution in [3.05, 3.63) is 58.5 Å². The molecule has 0 saturated carbocycles. The van der Waals surface area contributed by atoms with Gasteiger partial charge in [-0.25, -0.2) is 0 Å². The lowest BCUT2D eigenvalue weighted by atomic mass is 9.92. The molecule has 3 rings (SSSR count). The van der Waals surface area contributed by atoms with Crippen molar-refractivity contribution >= 4 is 5.91 Å². The van der Waals surface area contributed by atoms with Gasteiger partial charge < -0.3 is 15.1 Å². The standard InChI is InChI=1S/C17H20N2O2/c1-3-15-13(7-9-21-15)16(18-2)12-5-4-11-6-8-19-17(20)14(11)10-12/h4-5,7,9-10,16,18H,3,6,8H2,1-2H3,(H,19,20). The molecular weight excluding hydrogens is 264 g/mol. The van der Waals surface area contributed by atoms with Gasteiger partial charge in [-0.1, -0.05) is 19.1 Å². The molecule has 1 atom stereocenters. The fourth-order valence-corrected chi connectivity index (χ4v) is 3.01. The first-order valence-corrected chi connectivity index (χ1v) is 7.39. The molecule has 1 unspecified atom stereocenters. The fraction of sp³-hybridized carbons (Fsp3) is 0.353. The Bertz CT molecular complexity index is 661. The Balaban J connectivity index is 2.02. The van der Waals surface area contributed by atoms with E-state index in [9.17, 15) is 4.79 Å². The van der Waals surface area contributed by atoms with Crippen LogP contribution in [0, 0.1) is 0 Å². The van der Waals surface area contributed by atoms with Crippen molar-refractivity contribution in [1.29, 1.82) is 0 Å². The van der Waals surface area contributed by atoms with Crippen LogP contribution in [0.4, 0.5) is 0 Å². The highest BCUT2D eigenvalue weighted by atomic mass is 16.3. The number of carbonyl (C=O) groups excluding carboxylic acids is 1. The van der Waals surface area contributed by atoms with Crippen molar-refractivity contribution in [3.63, 3.8) is 0 Å². The molecule has 1 aromatic carbocycles. The summed E-state index contributed by atoms with van der Waals surface area (Å²) < 4.78 is 5.53. The molecule has 1 amide bonds. The zero-order chi connectivity index (χ0) is 14.8. The molecule has 4 nitrogen and oxygen atoms in total. The molecule has 0 saturated heterocycles. The van der Waals surface area contributed by atoms with E-state index in [2.05, 4.69) is 29.7 Å². The van der Waals surface area contributed by atoms with E-state index in [4.69, 9.17) is 4.42 Å². The second-order valence-corrected chi connectivity index (χ2v) is 5.30. The summed E-state index contributed by atoms with van der Waals surface area (Å²) in [5.74, 6) is 1.01. The van der Waals surface area contributed by atoms with Gasteiger partial charge in [-0.2, -0.15) is 0 Å². The first-order valence-electron chi connectivity index (χ1n) is 7.39. The molecule has 4 heteroatoms. The number of rotatable bonds is 4. The molecule has 0 aliphatic carbocycles. The van der Waals surface area contributed by atoms with Gasteiger partial charge in [0.15, 0.2) is 0 Å². The van der Waals surface area contributed by atoms with Crippen molar-refractivity contribution in [2.24, 2.45) is 0 Å². The van der Waals surface area contributed by atoms with Crippen LogP contribution in [0.25, 0.3) is 0 Å². The maximum absolute atomic E-state index is 12.0. The molecule has 2 N–H and O–H groups in total. The fourth-order valence-electron chi connectivity index (χ4n) is 3.01. The molecule has 1 aliphatic rings. The van der Waals surface area contributed by atoms with Gasteiger partial charge in [0.25, 0.3) is 5.91 Å². The average molecular weight is 284 g/mol. The number of carbonyl (C=O) groups is 1. The van der Waals surface area contributed by atoms with E-state index in [1.807, 2.05) is 19.2 Å². The number of hydrogen-bond acceptors (Lipinski definition) is 3. The molecule has 1 aromatic heterocycles. The number of nitrogens with one attached hydrogen (secondary N) is 2. The van der Waals surface area contributed by atoms with Crippen molar-refractivity contribution in [1.82, 2.24) is 10.6 Å². The Morgan fingerprint density at radius 2 is 2.24 bits per heavy atom. The molecule has 0 fully saturated rings. The molecule has 2 aromatic rings. The lowest BCUT2D eigenvalue weighted by Gasteiger charge is -2.21. The van der Waals surface area contributed by atoms with Crippen LogP contribution in [0.15, 0.2) is 34.9 Å². The third-order valence-corrected chi connectivity index (χ3v) is 4.09. The van der Waals surface area contributed by atoms with E-state index in [1.165, 1.54) is 0 Å². The summed E-state index contributed by atoms with van der Waals surface area (Å²) in [6.07, 6.45) is 3.48. The summed E-state index contributed by atoms with van der Waals surface area (Å²) in [6, 6.07) is 8.21. The number of hydrogen-bond donors (Lipinski definition) is 2. The summed E-state index contributed by atoms with van der Waals surface area (Å²) >= 11 is 0. The Hall–Kier alpha value is -2.07. The summed E-state index contributed by atoms with van der Waals surface area (Å²) in [5.41, 5.74) is 4.14. The highest BCUT2D eigenvalue weighted by Crippen LogP contribution is 2.28. The third-order valence-electron chi connectivity index (χ3n) is 4.09. The van der Waals surface area contributed by atoms with Crippen LogP contribution < -0.4 is 10.6 Å². The molecule has 110 valence electrons. The van der Waals surface area contributed by atoms with Crippen molar-refractivity contribution < 1.29 is 9.21 Å². The van der Waals surface area contributed by atoms with Gasteiger partial charge in [0.05, 0.1) is 12.3 Å². The van der Waals surface area contributed by atoms with Crippen molar-refractivity contribution in [3.8, 4) is 0 Å². The number of furan rings is 1. The zero-order valence-electron chi connectivity index (χ0n) is 12.4. The van der Waals surface area contributed by atoms with E-state index < -0.39 is 0 Å². The van der Waals surface area contributed by atoms with E-state index >= 15 is 0 Å². The number of aryl methyl sites for hydroxylation is 1. The van der Waals surface area contributed by atoms with Gasteiger partial charge in [-0.15, -0.1) is 0 Å². The Labute approximate surface area is 124 Å². The second-order valence-electron chi connectivity index (χ2n) is 5.30. The van der Waals surface area contributed by atoms with Gasteiger partial charge in [0.2, 0.25) is 0 Å². The minimum absolute atomic E-state index is 0.0239. The summed E-state index contributed by atoms with van der Waals surface area (Å²) in [4.78, 5) is 12.0. The van der Waals surface area contributed by atoms with Gasteiger partial charge in [0.1, 0.15) is 5.76 Å². The molecule has 2 heterocycles. The first-order chi connectivity index (χ1) is 10.2. The van der Waals surface area contributed by atoms with Crippen LogP contribution in [0.3, 0.4) is 0 Å². The predicted molar refractivity (Wildman–Crippen MR) is 81.5 cm³/mol. The minimum Gasteiger partial charge on any atom is -0.469 e. The van der Waals surface area contributed by atoms with Crippen LogP contribution in [0.1, 0.15) is 45.8 Å². The van der Waals surface area contributed by atoms with Gasteiger partial charge in [0, 0.05) is 24.1 Å². The molecular formula is C17H20N2O2. The topological polar surface area (TPSA) is 54.3 Å². The normalized spacial score (nSPS) is 15.4. The lowest BCUT2D eigenvalue weighted by Crippen LogP contribution is -2.32. The summed E-state index contributed by atoms with van der Waals surface area (Å²) in [7, 11) is 1.93. The van der Waals surface area contributed by atoms with E-state index in [0.29, 0.717) is 0 Å². The summed E-state index contributed by atoms with van der Waals surface area (Å²) in [5, 5.41) is 6.23. The van der Waals surface area contributed by atoms with Gasteiger partial charge >= 0.3 is 0 Å². The Kier molecular flexibility index (Phi) is 3.80. The SMILES string of the molecule is CCc1occc1C(NC)c1ccc2c(c1)C(=O)NCC2. The van der Waals surface area contributed by atoms with Crippen LogP contribution in [-0.2, 0) is 12.8 Å². The average Bonchev–Trinajstić information content (AvgIpc) is 2.97. The number of amides is 1. The number of benzene rings is 1. The predicted octanol–water partition coefficient (Wildman–Crippen LogP) is 2.44. The van der Waals surface area contributed by atoms with Crippen LogP contribution >= 0.6 is 0 Å². The first kappa shape index (κ1) is 13.9. The number of fused-ring (bicyclic) bond motifs is 1. The molecule has 21 heavy (non-hydrogen) atoms. The maximum atomic E-state index is 12.0. The van der Waals surface area contributed by atoms with E-state index in [1.54, 1.807) is 6.26 Å². The van der Waals surface area contributed by atoms with Crippen molar-refractivity contribution in [2.75, 3.05) is 13.6 Å². The molecule has 0 spiro atoms. The summed E-state index contributed by atoms with van der Waals surface area (Å²) in [6.45, 7) is 2.80. The lowest BCUT2D eigenvalue weighted by molar-refractivity contribution is 0.0946. The van der Waals surface area contributed by atoms with Gasteiger partial charge in [-0.05, 0) is 36.7 Å². The van der Waals surface area contributed by atoms with E-state index in [-0.39, 0.29) is 11.9 Å². The second kappa shape index (κ2) is 5.74. The monoisotopic (exact) mass is 284 g/mol. The van der Waals surface area contributed by atoms with Crippen LogP contribution in [0.2, 0.25) is 0 Å². The van der Waals surface area contributed by atoms with Crippen LogP contribution in [-0.4, -0.2) is 19.5 Å². The van der Waals surface area contributed by atoms with Crippen LogP contribution in [0.5, 0.6) is 0 Å². The van der Waals surface area contributed by atoms with Crippen molar-refractivity contribution in [2.45, 2.75) is 25.8 Å². The zero-order valence-corrected chi connectivity index (χ0v) is 12.4. The molecule has 0 radical (unpaired) electrons. The Morgan fingerprint density at radius 1 is 1.38 bits per heavy atom. The Morgan fingerprint density at radius 3 is 3.00 bits per heavy atom. The third kappa shape index (κ3) is 2.47. The minimum atomic E-state index is 0.0239. The highest BCUT2D eigenvalue weighted by Gasteiger charge is 2.22. The largest absolute Gasteiger partial charge is 0.469 e. The molecule has 1 aliphatic heterocycles. The smallest absolute Gasteiger partial charge is 0.251 e. The van der Waals surface area contributed by atoms with E-state index in [0.717, 1.165) is 47.4 Å². The quantitative estimate of drug-likeness (QED) is 0.906.